The smallest absolute Gasteiger partial charge is 0.276 e. The SMILES string of the molecule is O=C(Nc1ccc(N2CCOCC2)cc1)c1ccc(-n2cccn2)nn1. The third-order valence-corrected chi connectivity index (χ3v) is 4.12. The highest BCUT2D eigenvalue weighted by Gasteiger charge is 2.12. The normalized spacial score (nSPS) is 14.2. The summed E-state index contributed by atoms with van der Waals surface area (Å²) in [4.78, 5) is 14.6. The molecular weight excluding hydrogens is 332 g/mol. The van der Waals surface area contributed by atoms with Crippen LogP contribution < -0.4 is 10.2 Å². The van der Waals surface area contributed by atoms with Gasteiger partial charge < -0.3 is 15.0 Å². The minimum atomic E-state index is -0.302. The number of rotatable bonds is 4. The second kappa shape index (κ2) is 7.32. The lowest BCUT2D eigenvalue weighted by Crippen LogP contribution is -2.36. The van der Waals surface area contributed by atoms with Gasteiger partial charge in [-0.3, -0.25) is 4.79 Å². The van der Waals surface area contributed by atoms with Gasteiger partial charge in [0, 0.05) is 36.9 Å². The van der Waals surface area contributed by atoms with E-state index >= 15 is 0 Å². The van der Waals surface area contributed by atoms with E-state index in [2.05, 4.69) is 25.5 Å². The summed E-state index contributed by atoms with van der Waals surface area (Å²) in [5.74, 6) is 0.255. The summed E-state index contributed by atoms with van der Waals surface area (Å²) in [6, 6.07) is 12.9. The lowest BCUT2D eigenvalue weighted by atomic mass is 10.2. The molecule has 1 aromatic carbocycles. The molecule has 1 fully saturated rings. The van der Waals surface area contributed by atoms with E-state index in [0.717, 1.165) is 32.0 Å². The van der Waals surface area contributed by atoms with E-state index in [1.54, 1.807) is 35.3 Å². The van der Waals surface area contributed by atoms with Gasteiger partial charge in [0.1, 0.15) is 0 Å². The number of hydrogen-bond acceptors (Lipinski definition) is 6. The Hall–Kier alpha value is -3.26. The van der Waals surface area contributed by atoms with Crippen LogP contribution in [0.4, 0.5) is 11.4 Å². The molecule has 0 unspecified atom stereocenters. The van der Waals surface area contributed by atoms with Crippen molar-refractivity contribution in [2.45, 2.75) is 0 Å². The molecule has 4 rings (SSSR count). The maximum atomic E-state index is 12.3. The zero-order chi connectivity index (χ0) is 17.8. The summed E-state index contributed by atoms with van der Waals surface area (Å²) < 4.78 is 6.94. The van der Waals surface area contributed by atoms with Gasteiger partial charge in [0.05, 0.1) is 13.2 Å². The van der Waals surface area contributed by atoms with Gasteiger partial charge in [-0.1, -0.05) is 0 Å². The molecule has 1 amide bonds. The van der Waals surface area contributed by atoms with Crippen molar-refractivity contribution in [1.82, 2.24) is 20.0 Å². The number of anilines is 2. The molecule has 1 saturated heterocycles. The van der Waals surface area contributed by atoms with Gasteiger partial charge >= 0.3 is 0 Å². The van der Waals surface area contributed by atoms with E-state index in [0.29, 0.717) is 11.5 Å². The lowest BCUT2D eigenvalue weighted by Gasteiger charge is -2.28. The topological polar surface area (TPSA) is 85.2 Å². The van der Waals surface area contributed by atoms with Gasteiger partial charge in [-0.05, 0) is 42.5 Å². The summed E-state index contributed by atoms with van der Waals surface area (Å²) in [6.45, 7) is 3.24. The maximum absolute atomic E-state index is 12.3. The van der Waals surface area contributed by atoms with Crippen LogP contribution in [-0.4, -0.2) is 52.2 Å². The predicted molar refractivity (Wildman–Crippen MR) is 96.6 cm³/mol. The molecule has 3 heterocycles. The van der Waals surface area contributed by atoms with Gasteiger partial charge in [0.25, 0.3) is 5.91 Å². The van der Waals surface area contributed by atoms with Gasteiger partial charge in [0.15, 0.2) is 11.5 Å². The molecule has 0 bridgehead atoms. The van der Waals surface area contributed by atoms with Crippen molar-refractivity contribution in [2.75, 3.05) is 36.5 Å². The Kier molecular flexibility index (Phi) is 4.57. The first kappa shape index (κ1) is 16.2. The van der Waals surface area contributed by atoms with Crippen molar-refractivity contribution in [1.29, 1.82) is 0 Å². The summed E-state index contributed by atoms with van der Waals surface area (Å²) in [5, 5.41) is 14.9. The fourth-order valence-electron chi connectivity index (χ4n) is 2.75. The number of carbonyl (C=O) groups is 1. The van der Waals surface area contributed by atoms with Crippen LogP contribution in [0, 0.1) is 0 Å². The number of nitrogens with zero attached hydrogens (tertiary/aromatic N) is 5. The molecule has 0 radical (unpaired) electrons. The summed E-state index contributed by atoms with van der Waals surface area (Å²) in [6.07, 6.45) is 3.42. The van der Waals surface area contributed by atoms with E-state index in [-0.39, 0.29) is 11.6 Å². The molecule has 0 aliphatic carbocycles. The first-order valence-electron chi connectivity index (χ1n) is 8.37. The Balaban J connectivity index is 1.41. The van der Waals surface area contributed by atoms with Gasteiger partial charge in [-0.25, -0.2) is 4.68 Å². The standard InChI is InChI=1S/C18H18N6O2/c25-18(16-6-7-17(22-21-16)24-9-1-8-19-24)20-14-2-4-15(5-3-14)23-10-12-26-13-11-23/h1-9H,10-13H2,(H,20,25). The number of ether oxygens (including phenoxy) is 1. The maximum Gasteiger partial charge on any atom is 0.276 e. The first-order valence-corrected chi connectivity index (χ1v) is 8.37. The van der Waals surface area contributed by atoms with Crippen LogP contribution in [0.3, 0.4) is 0 Å². The molecule has 8 nitrogen and oxygen atoms in total. The zero-order valence-electron chi connectivity index (χ0n) is 14.1. The van der Waals surface area contributed by atoms with Crippen molar-refractivity contribution in [2.24, 2.45) is 0 Å². The highest BCUT2D eigenvalue weighted by molar-refractivity contribution is 6.02. The molecule has 132 valence electrons. The lowest BCUT2D eigenvalue weighted by molar-refractivity contribution is 0.102. The van der Waals surface area contributed by atoms with Crippen LogP contribution in [0.1, 0.15) is 10.5 Å². The van der Waals surface area contributed by atoms with E-state index in [4.69, 9.17) is 4.74 Å². The highest BCUT2D eigenvalue weighted by atomic mass is 16.5. The second-order valence-electron chi connectivity index (χ2n) is 5.83. The summed E-state index contributed by atoms with van der Waals surface area (Å²) in [7, 11) is 0. The second-order valence-corrected chi connectivity index (χ2v) is 5.83. The minimum absolute atomic E-state index is 0.248. The van der Waals surface area contributed by atoms with Crippen LogP contribution >= 0.6 is 0 Å². The first-order chi connectivity index (χ1) is 12.8. The molecule has 2 aromatic heterocycles. The van der Waals surface area contributed by atoms with Gasteiger partial charge in [0.2, 0.25) is 0 Å². The monoisotopic (exact) mass is 350 g/mol. The van der Waals surface area contributed by atoms with Crippen LogP contribution in [0.2, 0.25) is 0 Å². The third kappa shape index (κ3) is 3.55. The van der Waals surface area contributed by atoms with Gasteiger partial charge in [-0.15, -0.1) is 10.2 Å². The summed E-state index contributed by atoms with van der Waals surface area (Å²) >= 11 is 0. The van der Waals surface area contributed by atoms with Crippen LogP contribution in [0.5, 0.6) is 0 Å². The molecule has 8 heteroatoms. The number of carbonyl (C=O) groups excluding carboxylic acids is 1. The molecule has 1 aliphatic rings. The largest absolute Gasteiger partial charge is 0.378 e. The predicted octanol–water partition coefficient (Wildman–Crippen LogP) is 1.75. The number of benzene rings is 1. The van der Waals surface area contributed by atoms with Crippen molar-refractivity contribution < 1.29 is 9.53 Å². The Labute approximate surface area is 150 Å². The molecule has 0 spiro atoms. The summed E-state index contributed by atoms with van der Waals surface area (Å²) in [5.41, 5.74) is 2.08. The number of nitrogens with one attached hydrogen (secondary N) is 1. The molecule has 0 atom stereocenters. The Morgan fingerprint density at radius 3 is 2.50 bits per heavy atom. The fourth-order valence-corrected chi connectivity index (χ4v) is 2.75. The number of aromatic nitrogens is 4. The van der Waals surface area contributed by atoms with E-state index in [9.17, 15) is 4.79 Å². The molecule has 26 heavy (non-hydrogen) atoms. The molecule has 1 N–H and O–H groups in total. The van der Waals surface area contributed by atoms with E-state index in [1.165, 1.54) is 0 Å². The number of morpholine rings is 1. The third-order valence-electron chi connectivity index (χ3n) is 4.12. The van der Waals surface area contributed by atoms with E-state index in [1.807, 2.05) is 24.3 Å². The Morgan fingerprint density at radius 1 is 1.04 bits per heavy atom. The molecular formula is C18H18N6O2. The minimum Gasteiger partial charge on any atom is -0.378 e. The zero-order valence-corrected chi connectivity index (χ0v) is 14.1. The van der Waals surface area contributed by atoms with Gasteiger partial charge in [-0.2, -0.15) is 5.10 Å². The van der Waals surface area contributed by atoms with Crippen molar-refractivity contribution in [3.05, 3.63) is 60.6 Å². The molecule has 1 aliphatic heterocycles. The Bertz CT molecular complexity index is 856. The quantitative estimate of drug-likeness (QED) is 0.772. The van der Waals surface area contributed by atoms with Crippen LogP contribution in [-0.2, 0) is 4.74 Å². The van der Waals surface area contributed by atoms with Crippen molar-refractivity contribution in [3.8, 4) is 5.82 Å². The van der Waals surface area contributed by atoms with Crippen molar-refractivity contribution in [3.63, 3.8) is 0 Å². The van der Waals surface area contributed by atoms with Crippen molar-refractivity contribution >= 4 is 17.3 Å². The van der Waals surface area contributed by atoms with Crippen LogP contribution in [0.25, 0.3) is 5.82 Å². The molecule has 3 aromatic rings. The number of hydrogen-bond donors (Lipinski definition) is 1. The van der Waals surface area contributed by atoms with Crippen LogP contribution in [0.15, 0.2) is 54.9 Å². The Morgan fingerprint density at radius 2 is 1.85 bits per heavy atom. The highest BCUT2D eigenvalue weighted by Crippen LogP contribution is 2.19. The average molecular weight is 350 g/mol. The fraction of sp³-hybridized carbons (Fsp3) is 0.222. The number of amides is 1. The average Bonchev–Trinajstić information content (AvgIpc) is 3.24. The van der Waals surface area contributed by atoms with E-state index < -0.39 is 0 Å². The molecule has 0 saturated carbocycles.